The van der Waals surface area contributed by atoms with E-state index < -0.39 is 30.0 Å². The second-order valence-electron chi connectivity index (χ2n) is 8.79. The number of carbonyl (C=O) groups is 4. The molecule has 1 spiro atoms. The van der Waals surface area contributed by atoms with E-state index in [4.69, 9.17) is 9.47 Å². The zero-order valence-electron chi connectivity index (χ0n) is 20.0. The second kappa shape index (κ2) is 10.1. The second-order valence-corrected chi connectivity index (χ2v) is 9.67. The number of imide groups is 1. The van der Waals surface area contributed by atoms with Crippen molar-refractivity contribution in [2.24, 2.45) is 5.92 Å². The molecule has 2 unspecified atom stereocenters. The largest absolute Gasteiger partial charge is 0.497 e. The number of benzene rings is 1. The third-order valence-corrected chi connectivity index (χ3v) is 7.62. The Kier molecular flexibility index (Phi) is 7.11. The summed E-state index contributed by atoms with van der Waals surface area (Å²) >= 11 is 1.18. The number of nitrogens with one attached hydrogen (secondary N) is 2. The van der Waals surface area contributed by atoms with E-state index in [1.54, 1.807) is 31.5 Å². The maximum Gasteiger partial charge on any atom is 0.341 e. The maximum absolute atomic E-state index is 13.2. The Balaban J connectivity index is 1.55. The summed E-state index contributed by atoms with van der Waals surface area (Å²) in [4.78, 5) is 52.5. The lowest BCUT2D eigenvalue weighted by atomic mass is 9.73. The first-order chi connectivity index (χ1) is 16.8. The summed E-state index contributed by atoms with van der Waals surface area (Å²) in [5.41, 5.74) is 0.658. The molecule has 1 saturated carbocycles. The molecule has 1 saturated heterocycles. The van der Waals surface area contributed by atoms with Crippen molar-refractivity contribution >= 4 is 40.2 Å². The molecule has 2 atom stereocenters. The van der Waals surface area contributed by atoms with Gasteiger partial charge in [0.05, 0.1) is 13.7 Å². The standard InChI is InChI=1S/C25H29N3O6S/c1-4-34-22(30)20-18(16-8-10-17(33-3)11-9-16)14-35-21(20)26-19(29)13-28-23(31)25(27-24(28)32)12-6-5-7-15(25)2/h8-11,14-15H,4-7,12-13H2,1-3H3,(H,26,29)(H,27,32). The van der Waals surface area contributed by atoms with Gasteiger partial charge < -0.3 is 20.1 Å². The Bertz CT molecular complexity index is 1140. The van der Waals surface area contributed by atoms with E-state index >= 15 is 0 Å². The van der Waals surface area contributed by atoms with Gasteiger partial charge in [-0.3, -0.25) is 14.5 Å². The Morgan fingerprint density at radius 2 is 1.97 bits per heavy atom. The first kappa shape index (κ1) is 24.7. The fourth-order valence-corrected chi connectivity index (χ4v) is 5.76. The van der Waals surface area contributed by atoms with Gasteiger partial charge in [-0.2, -0.15) is 0 Å². The number of esters is 1. The Morgan fingerprint density at radius 1 is 1.23 bits per heavy atom. The van der Waals surface area contributed by atoms with Gasteiger partial charge in [-0.1, -0.05) is 31.9 Å². The van der Waals surface area contributed by atoms with E-state index in [9.17, 15) is 19.2 Å². The molecule has 0 radical (unpaired) electrons. The highest BCUT2D eigenvalue weighted by atomic mass is 32.1. The Hall–Kier alpha value is -3.40. The molecule has 1 aromatic carbocycles. The van der Waals surface area contributed by atoms with Crippen molar-refractivity contribution in [2.45, 2.75) is 45.1 Å². The topological polar surface area (TPSA) is 114 Å². The normalized spacial score (nSPS) is 21.7. The van der Waals surface area contributed by atoms with Gasteiger partial charge in [0.25, 0.3) is 5.91 Å². The third-order valence-electron chi connectivity index (χ3n) is 6.73. The van der Waals surface area contributed by atoms with Gasteiger partial charge in [-0.15, -0.1) is 11.3 Å². The fraction of sp³-hybridized carbons (Fsp3) is 0.440. The quantitative estimate of drug-likeness (QED) is 0.439. The van der Waals surface area contributed by atoms with Crippen LogP contribution in [0.5, 0.6) is 5.75 Å². The van der Waals surface area contributed by atoms with Gasteiger partial charge in [0.15, 0.2) is 0 Å². The Morgan fingerprint density at radius 3 is 2.63 bits per heavy atom. The van der Waals surface area contributed by atoms with E-state index in [1.807, 2.05) is 19.1 Å². The van der Waals surface area contributed by atoms with Gasteiger partial charge in [-0.05, 0) is 43.4 Å². The van der Waals surface area contributed by atoms with Gasteiger partial charge >= 0.3 is 12.0 Å². The van der Waals surface area contributed by atoms with E-state index in [0.29, 0.717) is 22.7 Å². The molecule has 2 N–H and O–H groups in total. The molecule has 4 amide bonds. The van der Waals surface area contributed by atoms with E-state index in [-0.39, 0.29) is 24.0 Å². The number of nitrogens with zero attached hydrogens (tertiary/aromatic N) is 1. The fourth-order valence-electron chi connectivity index (χ4n) is 4.79. The molecule has 1 aliphatic heterocycles. The van der Waals surface area contributed by atoms with Crippen molar-refractivity contribution in [3.63, 3.8) is 0 Å². The van der Waals surface area contributed by atoms with Gasteiger partial charge in [0, 0.05) is 10.9 Å². The van der Waals surface area contributed by atoms with Crippen molar-refractivity contribution in [3.8, 4) is 16.9 Å². The van der Waals surface area contributed by atoms with Crippen LogP contribution in [0.25, 0.3) is 11.1 Å². The number of amides is 4. The van der Waals surface area contributed by atoms with Crippen molar-refractivity contribution in [2.75, 3.05) is 25.6 Å². The molecule has 2 fully saturated rings. The molecule has 2 aromatic rings. The molecule has 10 heteroatoms. The zero-order valence-corrected chi connectivity index (χ0v) is 20.8. The third kappa shape index (κ3) is 4.62. The van der Waals surface area contributed by atoms with Crippen LogP contribution < -0.4 is 15.4 Å². The molecule has 35 heavy (non-hydrogen) atoms. The highest BCUT2D eigenvalue weighted by Gasteiger charge is 2.55. The number of urea groups is 1. The minimum absolute atomic E-state index is 0.000490. The number of hydrogen-bond acceptors (Lipinski definition) is 7. The van der Waals surface area contributed by atoms with Gasteiger partial charge in [0.1, 0.15) is 28.4 Å². The van der Waals surface area contributed by atoms with Crippen LogP contribution >= 0.6 is 11.3 Å². The number of rotatable bonds is 7. The Labute approximate surface area is 207 Å². The summed E-state index contributed by atoms with van der Waals surface area (Å²) in [7, 11) is 1.57. The molecule has 1 aliphatic carbocycles. The summed E-state index contributed by atoms with van der Waals surface area (Å²) in [6.07, 6.45) is 3.28. The average Bonchev–Trinajstić information content (AvgIpc) is 3.36. The smallest absolute Gasteiger partial charge is 0.341 e. The summed E-state index contributed by atoms with van der Waals surface area (Å²) in [6, 6.07) is 6.62. The van der Waals surface area contributed by atoms with E-state index in [2.05, 4.69) is 10.6 Å². The molecule has 4 rings (SSSR count). The zero-order chi connectivity index (χ0) is 25.2. The van der Waals surface area contributed by atoms with Crippen molar-refractivity contribution in [1.82, 2.24) is 10.2 Å². The van der Waals surface area contributed by atoms with Crippen LogP contribution in [-0.4, -0.2) is 54.5 Å². The number of ether oxygens (including phenoxy) is 2. The molecule has 1 aromatic heterocycles. The summed E-state index contributed by atoms with van der Waals surface area (Å²) in [6.45, 7) is 3.40. The first-order valence-electron chi connectivity index (χ1n) is 11.7. The number of thiophene rings is 1. The predicted octanol–water partition coefficient (Wildman–Crippen LogP) is 4.04. The van der Waals surface area contributed by atoms with E-state index in [0.717, 1.165) is 29.7 Å². The SMILES string of the molecule is CCOC(=O)c1c(-c2ccc(OC)cc2)csc1NC(=O)CN1C(=O)NC2(CCCCC2C)C1=O. The molecule has 9 nitrogen and oxygen atoms in total. The number of hydrogen-bond donors (Lipinski definition) is 2. The minimum atomic E-state index is -0.934. The van der Waals surface area contributed by atoms with Crippen molar-refractivity contribution in [3.05, 3.63) is 35.2 Å². The van der Waals surface area contributed by atoms with Crippen LogP contribution in [0.2, 0.25) is 0 Å². The number of methoxy groups -OCH3 is 1. The molecule has 2 heterocycles. The first-order valence-corrected chi connectivity index (χ1v) is 12.6. The van der Waals surface area contributed by atoms with Crippen LogP contribution in [0.15, 0.2) is 29.6 Å². The summed E-state index contributed by atoms with van der Waals surface area (Å²) < 4.78 is 10.4. The van der Waals surface area contributed by atoms with Gasteiger partial charge in [-0.25, -0.2) is 9.59 Å². The van der Waals surface area contributed by atoms with Crippen molar-refractivity contribution in [1.29, 1.82) is 0 Å². The molecule has 0 bridgehead atoms. The monoisotopic (exact) mass is 499 g/mol. The minimum Gasteiger partial charge on any atom is -0.497 e. The van der Waals surface area contributed by atoms with Crippen LogP contribution in [-0.2, 0) is 14.3 Å². The maximum atomic E-state index is 13.2. The lowest BCUT2D eigenvalue weighted by Crippen LogP contribution is -2.54. The van der Waals surface area contributed by atoms with Crippen LogP contribution in [0.1, 0.15) is 49.9 Å². The predicted molar refractivity (Wildman–Crippen MR) is 132 cm³/mol. The summed E-state index contributed by atoms with van der Waals surface area (Å²) in [5, 5.41) is 7.62. The number of carbonyl (C=O) groups excluding carboxylic acids is 4. The average molecular weight is 500 g/mol. The lowest BCUT2D eigenvalue weighted by molar-refractivity contribution is -0.136. The van der Waals surface area contributed by atoms with Crippen molar-refractivity contribution < 1.29 is 28.7 Å². The molecule has 186 valence electrons. The summed E-state index contributed by atoms with van der Waals surface area (Å²) in [5.74, 6) is -0.822. The van der Waals surface area contributed by atoms with Crippen LogP contribution in [0, 0.1) is 5.92 Å². The van der Waals surface area contributed by atoms with Crippen LogP contribution in [0.4, 0.5) is 9.80 Å². The molecular formula is C25H29N3O6S. The van der Waals surface area contributed by atoms with E-state index in [1.165, 1.54) is 11.3 Å². The molecular weight excluding hydrogens is 470 g/mol. The highest BCUT2D eigenvalue weighted by molar-refractivity contribution is 7.15. The van der Waals surface area contributed by atoms with Crippen LogP contribution in [0.3, 0.4) is 0 Å². The molecule has 2 aliphatic rings. The number of anilines is 1. The highest BCUT2D eigenvalue weighted by Crippen LogP contribution is 2.39. The van der Waals surface area contributed by atoms with Gasteiger partial charge in [0.2, 0.25) is 5.91 Å². The lowest BCUT2D eigenvalue weighted by Gasteiger charge is -2.36.